The Kier molecular flexibility index (Phi) is 6.64. The van der Waals surface area contributed by atoms with Gasteiger partial charge in [0.2, 0.25) is 5.91 Å². The zero-order valence-corrected chi connectivity index (χ0v) is 15.7. The van der Waals surface area contributed by atoms with Gasteiger partial charge in [0.15, 0.2) is 0 Å². The van der Waals surface area contributed by atoms with Crippen LogP contribution in [0.1, 0.15) is 11.1 Å². The number of benzene rings is 2. The standard InChI is InChI=1S/C20H19ClN4O3/c21-17-6-2-16(3-7-17)14-28-20(27)24-18-8-4-15(5-9-18)12-22-19(26)13-25-11-1-10-23-25/h1-11H,12-14H2,(H,22,26)(H,24,27). The number of aromatic nitrogens is 2. The fourth-order valence-electron chi connectivity index (χ4n) is 2.39. The maximum absolute atomic E-state index is 11.9. The summed E-state index contributed by atoms with van der Waals surface area (Å²) in [6.07, 6.45) is 2.81. The van der Waals surface area contributed by atoms with Crippen molar-refractivity contribution in [2.75, 3.05) is 5.32 Å². The molecule has 3 aromatic rings. The van der Waals surface area contributed by atoms with Crippen LogP contribution in [0.2, 0.25) is 5.02 Å². The topological polar surface area (TPSA) is 85.3 Å². The molecule has 2 aromatic carbocycles. The second-order valence-corrected chi connectivity index (χ2v) is 6.44. The molecule has 0 spiro atoms. The number of rotatable bonds is 7. The second-order valence-electron chi connectivity index (χ2n) is 6.00. The van der Waals surface area contributed by atoms with E-state index < -0.39 is 6.09 Å². The molecule has 8 heteroatoms. The summed E-state index contributed by atoms with van der Waals surface area (Å²) in [6.45, 7) is 0.719. The molecule has 0 fully saturated rings. The van der Waals surface area contributed by atoms with Crippen molar-refractivity contribution in [1.29, 1.82) is 0 Å². The fraction of sp³-hybridized carbons (Fsp3) is 0.150. The maximum Gasteiger partial charge on any atom is 0.411 e. The smallest absolute Gasteiger partial charge is 0.411 e. The van der Waals surface area contributed by atoms with Crippen LogP contribution in [0.4, 0.5) is 10.5 Å². The van der Waals surface area contributed by atoms with Gasteiger partial charge in [-0.2, -0.15) is 5.10 Å². The van der Waals surface area contributed by atoms with Crippen LogP contribution in [0, 0.1) is 0 Å². The van der Waals surface area contributed by atoms with E-state index in [9.17, 15) is 9.59 Å². The number of carbonyl (C=O) groups is 2. The quantitative estimate of drug-likeness (QED) is 0.636. The van der Waals surface area contributed by atoms with Crippen molar-refractivity contribution in [1.82, 2.24) is 15.1 Å². The van der Waals surface area contributed by atoms with Gasteiger partial charge in [0, 0.05) is 29.6 Å². The number of nitrogens with zero attached hydrogens (tertiary/aromatic N) is 2. The summed E-state index contributed by atoms with van der Waals surface area (Å²) in [6, 6.07) is 16.0. The van der Waals surface area contributed by atoms with Crippen LogP contribution in [0.3, 0.4) is 0 Å². The number of halogens is 1. The summed E-state index contributed by atoms with van der Waals surface area (Å²) in [4.78, 5) is 23.7. The van der Waals surface area contributed by atoms with E-state index in [0.717, 1.165) is 11.1 Å². The molecule has 2 amide bonds. The van der Waals surface area contributed by atoms with Crippen LogP contribution in [0.5, 0.6) is 0 Å². The fourth-order valence-corrected chi connectivity index (χ4v) is 2.51. The van der Waals surface area contributed by atoms with Gasteiger partial charge < -0.3 is 10.1 Å². The van der Waals surface area contributed by atoms with Crippen LogP contribution >= 0.6 is 11.6 Å². The molecule has 2 N–H and O–H groups in total. The van der Waals surface area contributed by atoms with Crippen LogP contribution in [0.25, 0.3) is 0 Å². The van der Waals surface area contributed by atoms with Gasteiger partial charge in [0.1, 0.15) is 13.2 Å². The van der Waals surface area contributed by atoms with E-state index in [1.807, 2.05) is 12.1 Å². The van der Waals surface area contributed by atoms with Crippen LogP contribution in [-0.4, -0.2) is 21.8 Å². The highest BCUT2D eigenvalue weighted by Gasteiger charge is 2.06. The van der Waals surface area contributed by atoms with Gasteiger partial charge in [-0.15, -0.1) is 0 Å². The number of hydrogen-bond donors (Lipinski definition) is 2. The van der Waals surface area contributed by atoms with E-state index in [2.05, 4.69) is 15.7 Å². The molecule has 0 radical (unpaired) electrons. The van der Waals surface area contributed by atoms with Gasteiger partial charge in [-0.1, -0.05) is 35.9 Å². The van der Waals surface area contributed by atoms with E-state index in [0.29, 0.717) is 17.3 Å². The van der Waals surface area contributed by atoms with Crippen molar-refractivity contribution in [2.24, 2.45) is 0 Å². The van der Waals surface area contributed by atoms with Gasteiger partial charge in [0.25, 0.3) is 0 Å². The molecule has 0 aliphatic rings. The molecular weight excluding hydrogens is 380 g/mol. The third kappa shape index (κ3) is 6.14. The molecular formula is C20H19ClN4O3. The molecule has 0 aliphatic carbocycles. The lowest BCUT2D eigenvalue weighted by atomic mass is 10.2. The van der Waals surface area contributed by atoms with E-state index in [1.165, 1.54) is 0 Å². The minimum Gasteiger partial charge on any atom is -0.444 e. The normalized spacial score (nSPS) is 10.3. The Morgan fingerprint density at radius 3 is 2.43 bits per heavy atom. The molecule has 0 saturated heterocycles. The molecule has 7 nitrogen and oxygen atoms in total. The molecule has 0 bridgehead atoms. The van der Waals surface area contributed by atoms with Crippen molar-refractivity contribution in [2.45, 2.75) is 19.7 Å². The van der Waals surface area contributed by atoms with Crippen molar-refractivity contribution in [3.05, 3.63) is 83.1 Å². The minimum absolute atomic E-state index is 0.128. The van der Waals surface area contributed by atoms with Crippen molar-refractivity contribution in [3.63, 3.8) is 0 Å². The van der Waals surface area contributed by atoms with Gasteiger partial charge >= 0.3 is 6.09 Å². The van der Waals surface area contributed by atoms with Crippen LogP contribution < -0.4 is 10.6 Å². The third-order valence-electron chi connectivity index (χ3n) is 3.84. The Balaban J connectivity index is 1.41. The van der Waals surface area contributed by atoms with Crippen LogP contribution in [-0.2, 0) is 29.2 Å². The maximum atomic E-state index is 11.9. The number of amides is 2. The predicted molar refractivity (Wildman–Crippen MR) is 106 cm³/mol. The van der Waals surface area contributed by atoms with E-state index in [1.54, 1.807) is 59.5 Å². The summed E-state index contributed by atoms with van der Waals surface area (Å²) < 4.78 is 6.73. The molecule has 28 heavy (non-hydrogen) atoms. The molecule has 1 aromatic heterocycles. The van der Waals surface area contributed by atoms with Crippen molar-refractivity contribution >= 4 is 29.3 Å². The van der Waals surface area contributed by atoms with E-state index >= 15 is 0 Å². The zero-order valence-electron chi connectivity index (χ0n) is 15.0. The Bertz CT molecular complexity index is 910. The lowest BCUT2D eigenvalue weighted by Crippen LogP contribution is -2.27. The second kappa shape index (κ2) is 9.57. The molecule has 0 unspecified atom stereocenters. The Morgan fingerprint density at radius 2 is 1.75 bits per heavy atom. The van der Waals surface area contributed by atoms with Crippen molar-refractivity contribution in [3.8, 4) is 0 Å². The molecule has 3 rings (SSSR count). The average Bonchev–Trinajstić information content (AvgIpc) is 3.20. The van der Waals surface area contributed by atoms with Gasteiger partial charge in [0.05, 0.1) is 0 Å². The number of hydrogen-bond acceptors (Lipinski definition) is 4. The predicted octanol–water partition coefficient (Wildman–Crippen LogP) is 3.60. The highest BCUT2D eigenvalue weighted by molar-refractivity contribution is 6.30. The van der Waals surface area contributed by atoms with Gasteiger partial charge in [-0.05, 0) is 41.5 Å². The number of anilines is 1. The van der Waals surface area contributed by atoms with E-state index in [-0.39, 0.29) is 19.1 Å². The largest absolute Gasteiger partial charge is 0.444 e. The number of carbonyl (C=O) groups excluding carboxylic acids is 2. The minimum atomic E-state index is -0.546. The SMILES string of the molecule is O=C(Cn1cccn1)NCc1ccc(NC(=O)OCc2ccc(Cl)cc2)cc1. The Morgan fingerprint density at radius 1 is 1.04 bits per heavy atom. The first kappa shape index (κ1) is 19.4. The third-order valence-corrected chi connectivity index (χ3v) is 4.09. The molecule has 1 heterocycles. The molecule has 0 atom stereocenters. The lowest BCUT2D eigenvalue weighted by molar-refractivity contribution is -0.122. The summed E-state index contributed by atoms with van der Waals surface area (Å²) in [5, 5.41) is 10.1. The summed E-state index contributed by atoms with van der Waals surface area (Å²) in [5.74, 6) is -0.128. The summed E-state index contributed by atoms with van der Waals surface area (Å²) in [5.41, 5.74) is 2.36. The summed E-state index contributed by atoms with van der Waals surface area (Å²) >= 11 is 5.82. The average molecular weight is 399 g/mol. The Labute approximate surface area is 167 Å². The molecule has 144 valence electrons. The van der Waals surface area contributed by atoms with Gasteiger partial charge in [-0.3, -0.25) is 14.8 Å². The molecule has 0 saturated carbocycles. The first-order valence-corrected chi connectivity index (χ1v) is 8.97. The first-order chi connectivity index (χ1) is 13.6. The lowest BCUT2D eigenvalue weighted by Gasteiger charge is -2.09. The first-order valence-electron chi connectivity index (χ1n) is 8.60. The van der Waals surface area contributed by atoms with Crippen molar-refractivity contribution < 1.29 is 14.3 Å². The number of ether oxygens (including phenoxy) is 1. The van der Waals surface area contributed by atoms with Crippen LogP contribution in [0.15, 0.2) is 67.0 Å². The highest BCUT2D eigenvalue weighted by Crippen LogP contribution is 2.12. The van der Waals surface area contributed by atoms with Gasteiger partial charge in [-0.25, -0.2) is 4.79 Å². The van der Waals surface area contributed by atoms with E-state index in [4.69, 9.17) is 16.3 Å². The molecule has 0 aliphatic heterocycles. The monoisotopic (exact) mass is 398 g/mol. The number of nitrogens with one attached hydrogen (secondary N) is 2. The Hall–Kier alpha value is -3.32. The highest BCUT2D eigenvalue weighted by atomic mass is 35.5. The summed E-state index contributed by atoms with van der Waals surface area (Å²) in [7, 11) is 0. The zero-order chi connectivity index (χ0) is 19.8.